The van der Waals surface area contributed by atoms with Crippen molar-refractivity contribution in [2.75, 3.05) is 85.8 Å². The van der Waals surface area contributed by atoms with Crippen molar-refractivity contribution in [3.63, 3.8) is 0 Å². The molecule has 2 amide bonds. The number of carbonyl (C=O) groups excluding carboxylic acids is 4. The molecule has 0 spiro atoms. The second-order valence-corrected chi connectivity index (χ2v) is 10.2. The fourth-order valence-electron chi connectivity index (χ4n) is 2.96. The fourth-order valence-corrected chi connectivity index (χ4v) is 2.96. The molecule has 266 valence electrons. The topological polar surface area (TPSA) is 196 Å². The summed E-state index contributed by atoms with van der Waals surface area (Å²) < 4.78 is 47.6. The predicted octanol–water partition coefficient (Wildman–Crippen LogP) is 1.29. The molecule has 16 nitrogen and oxygen atoms in total. The van der Waals surface area contributed by atoms with Crippen LogP contribution in [0.25, 0.3) is 0 Å². The Morgan fingerprint density at radius 1 is 0.609 bits per heavy atom. The lowest BCUT2D eigenvalue weighted by Gasteiger charge is -2.21. The number of hydrogen-bond acceptors (Lipinski definition) is 14. The maximum atomic E-state index is 12.0. The van der Waals surface area contributed by atoms with Gasteiger partial charge in [0.25, 0.3) is 0 Å². The summed E-state index contributed by atoms with van der Waals surface area (Å²) in [4.78, 5) is 46.4. The zero-order valence-electron chi connectivity index (χ0n) is 27.7. The lowest BCUT2D eigenvalue weighted by molar-refractivity contribution is -0.141. The van der Waals surface area contributed by atoms with Gasteiger partial charge in [0.2, 0.25) is 0 Å². The monoisotopic (exact) mass is 664 g/mol. The lowest BCUT2D eigenvalue weighted by Crippen LogP contribution is -2.35. The van der Waals surface area contributed by atoms with Gasteiger partial charge >= 0.3 is 24.1 Å². The van der Waals surface area contributed by atoms with Crippen LogP contribution in [0.15, 0.2) is 24.3 Å². The van der Waals surface area contributed by atoms with Gasteiger partial charge in [-0.2, -0.15) is 0 Å². The summed E-state index contributed by atoms with van der Waals surface area (Å²) >= 11 is 0. The number of rotatable bonds is 27. The smallest absolute Gasteiger partial charge is 0.407 e. The van der Waals surface area contributed by atoms with Crippen molar-refractivity contribution in [2.45, 2.75) is 59.0 Å². The van der Waals surface area contributed by atoms with E-state index in [0.29, 0.717) is 11.1 Å². The second-order valence-electron chi connectivity index (χ2n) is 10.2. The number of aliphatic hydroxyl groups is 1. The third-order valence-electron chi connectivity index (χ3n) is 5.15. The molecule has 0 saturated carbocycles. The number of nitrogens with one attached hydrogen (secondary N) is 2. The first-order valence-corrected chi connectivity index (χ1v) is 15.0. The summed E-state index contributed by atoms with van der Waals surface area (Å²) in [6.45, 7) is 16.7. The Labute approximate surface area is 271 Å². The van der Waals surface area contributed by atoms with E-state index in [9.17, 15) is 24.3 Å². The number of alkyl carbamates (subject to hydrolysis) is 2. The van der Waals surface area contributed by atoms with Crippen LogP contribution in [-0.2, 0) is 52.2 Å². The Morgan fingerprint density at radius 2 is 1.02 bits per heavy atom. The molecule has 0 aliphatic rings. The molecule has 0 fully saturated rings. The van der Waals surface area contributed by atoms with Gasteiger partial charge in [-0.15, -0.1) is 0 Å². The van der Waals surface area contributed by atoms with Crippen molar-refractivity contribution in [3.05, 3.63) is 24.3 Å². The van der Waals surface area contributed by atoms with E-state index in [1.807, 2.05) is 0 Å². The Kier molecular flexibility index (Phi) is 25.0. The van der Waals surface area contributed by atoms with Gasteiger partial charge in [-0.25, -0.2) is 19.2 Å². The quantitative estimate of drug-likeness (QED) is 0.0492. The van der Waals surface area contributed by atoms with E-state index in [0.717, 1.165) is 0 Å². The highest BCUT2D eigenvalue weighted by Gasteiger charge is 2.16. The van der Waals surface area contributed by atoms with Crippen molar-refractivity contribution < 1.29 is 66.9 Å². The molecule has 0 aromatic rings. The molecule has 0 radical (unpaired) electrons. The van der Waals surface area contributed by atoms with Gasteiger partial charge in [-0.1, -0.05) is 13.2 Å². The van der Waals surface area contributed by atoms with Crippen molar-refractivity contribution in [2.24, 2.45) is 0 Å². The fraction of sp³-hybridized carbons (Fsp3) is 0.733. The molecule has 0 heterocycles. The molecule has 0 bridgehead atoms. The number of esters is 2. The van der Waals surface area contributed by atoms with Crippen LogP contribution in [0.3, 0.4) is 0 Å². The molecular weight excluding hydrogens is 612 g/mol. The second kappa shape index (κ2) is 26.9. The molecule has 0 aromatic carbocycles. The molecule has 0 saturated heterocycles. The molecule has 0 rings (SSSR count). The third kappa shape index (κ3) is 26.0. The van der Waals surface area contributed by atoms with Crippen LogP contribution in [0.2, 0.25) is 0 Å². The Morgan fingerprint density at radius 3 is 1.39 bits per heavy atom. The van der Waals surface area contributed by atoms with Gasteiger partial charge in [-0.05, 0) is 34.6 Å². The highest BCUT2D eigenvalue weighted by molar-refractivity contribution is 5.87. The first kappa shape index (κ1) is 42.7. The molecule has 16 heteroatoms. The molecule has 3 N–H and O–H groups in total. The van der Waals surface area contributed by atoms with Crippen LogP contribution in [0.1, 0.15) is 34.6 Å². The minimum absolute atomic E-state index is 0.0527. The first-order valence-electron chi connectivity index (χ1n) is 15.0. The van der Waals surface area contributed by atoms with E-state index in [4.69, 9.17) is 42.6 Å². The number of ether oxygens (including phenoxy) is 9. The number of aliphatic hydroxyl groups excluding tert-OH is 1. The van der Waals surface area contributed by atoms with E-state index in [1.54, 1.807) is 34.6 Å². The van der Waals surface area contributed by atoms with Crippen LogP contribution in [-0.4, -0.2) is 139 Å². The molecule has 46 heavy (non-hydrogen) atoms. The van der Waals surface area contributed by atoms with E-state index >= 15 is 0 Å². The minimum Gasteiger partial charge on any atom is -0.460 e. The van der Waals surface area contributed by atoms with Crippen LogP contribution < -0.4 is 10.6 Å². The van der Waals surface area contributed by atoms with Gasteiger partial charge in [0, 0.05) is 24.2 Å². The Balaban J connectivity index is 4.13. The summed E-state index contributed by atoms with van der Waals surface area (Å²) in [6, 6.07) is 0. The van der Waals surface area contributed by atoms with Crippen molar-refractivity contribution in [1.29, 1.82) is 0 Å². The van der Waals surface area contributed by atoms with Crippen molar-refractivity contribution in [1.82, 2.24) is 10.6 Å². The van der Waals surface area contributed by atoms with Gasteiger partial charge in [0.15, 0.2) is 0 Å². The van der Waals surface area contributed by atoms with Crippen LogP contribution in [0.4, 0.5) is 9.59 Å². The summed E-state index contributed by atoms with van der Waals surface area (Å²) in [5.74, 6) is -0.982. The maximum absolute atomic E-state index is 12.0. The van der Waals surface area contributed by atoms with E-state index in [1.165, 1.54) is 0 Å². The number of amides is 2. The molecular formula is C30H52N2O14. The van der Waals surface area contributed by atoms with Gasteiger partial charge < -0.3 is 58.4 Å². The number of carbonyl (C=O) groups is 4. The summed E-state index contributed by atoms with van der Waals surface area (Å²) in [6.07, 6.45) is -3.69. The maximum Gasteiger partial charge on any atom is 0.407 e. The molecule has 3 atom stereocenters. The summed E-state index contributed by atoms with van der Waals surface area (Å²) in [5.41, 5.74) is 0.605. The van der Waals surface area contributed by atoms with Crippen molar-refractivity contribution >= 4 is 24.1 Å². The molecule has 0 aliphatic carbocycles. The van der Waals surface area contributed by atoms with Crippen LogP contribution in [0, 0.1) is 0 Å². The third-order valence-corrected chi connectivity index (χ3v) is 5.15. The predicted molar refractivity (Wildman–Crippen MR) is 164 cm³/mol. The average Bonchev–Trinajstić information content (AvgIpc) is 2.97. The molecule has 0 aromatic heterocycles. The highest BCUT2D eigenvalue weighted by Crippen LogP contribution is 2.02. The minimum atomic E-state index is -0.704. The average molecular weight is 665 g/mol. The lowest BCUT2D eigenvalue weighted by atomic mass is 10.3. The first-order chi connectivity index (χ1) is 21.8. The summed E-state index contributed by atoms with van der Waals surface area (Å²) in [5, 5.41) is 14.7. The standard InChI is InChI=1S/C30H52N2O14/c1-21(2)27(34)42-14-12-38-10-8-31-29(36)45-24(6)17-40-19-26(44-16-23(5)33)20-41-18-25(7)46-30(37)32-9-11-39-13-15-43-28(35)22(3)4/h23-26,33H,1,3,8-20H2,2,4-7H3,(H,31,36)(H,32,37). The summed E-state index contributed by atoms with van der Waals surface area (Å²) in [7, 11) is 0. The molecule has 3 unspecified atom stereocenters. The number of hydrogen-bond donors (Lipinski definition) is 3. The van der Waals surface area contributed by atoms with E-state index < -0.39 is 48.5 Å². The van der Waals surface area contributed by atoms with E-state index in [2.05, 4.69) is 23.8 Å². The van der Waals surface area contributed by atoms with Crippen molar-refractivity contribution in [3.8, 4) is 0 Å². The highest BCUT2D eigenvalue weighted by atomic mass is 16.6. The van der Waals surface area contributed by atoms with E-state index in [-0.39, 0.29) is 85.8 Å². The Bertz CT molecular complexity index is 848. The van der Waals surface area contributed by atoms with Gasteiger partial charge in [0.05, 0.1) is 65.6 Å². The van der Waals surface area contributed by atoms with Gasteiger partial charge in [-0.3, -0.25) is 0 Å². The SMILES string of the molecule is C=C(C)C(=O)OCCOCCNC(=O)OC(C)COCC(COCC(C)OC(=O)NCCOCCOC(=O)C(=C)C)OCC(C)O. The normalized spacial score (nSPS) is 13.4. The van der Waals surface area contributed by atoms with Crippen LogP contribution >= 0.6 is 0 Å². The Hall–Kier alpha value is -3.28. The zero-order valence-corrected chi connectivity index (χ0v) is 27.7. The van der Waals surface area contributed by atoms with Crippen LogP contribution in [0.5, 0.6) is 0 Å². The molecule has 0 aliphatic heterocycles. The van der Waals surface area contributed by atoms with Gasteiger partial charge in [0.1, 0.15) is 31.5 Å². The largest absolute Gasteiger partial charge is 0.460 e. The zero-order chi connectivity index (χ0) is 34.7.